The number of nitrogens with zero attached hydrogens (tertiary/aromatic N) is 1. The second-order valence-electron chi connectivity index (χ2n) is 3.15. The van der Waals surface area contributed by atoms with E-state index in [4.69, 9.17) is 15.4 Å². The Morgan fingerprint density at radius 2 is 2.29 bits per heavy atom. The van der Waals surface area contributed by atoms with E-state index in [0.717, 1.165) is 10.7 Å². The second-order valence-corrected chi connectivity index (χ2v) is 5.61. The maximum atomic E-state index is 11.0. The maximum absolute atomic E-state index is 11.0. The fraction of sp³-hybridized carbons (Fsp3) is 0.857. The molecule has 0 aromatic heterocycles. The average Bonchev–Trinajstić information content (AvgIpc) is 2.46. The van der Waals surface area contributed by atoms with E-state index in [9.17, 15) is 13.2 Å². The third-order valence-corrected chi connectivity index (χ3v) is 3.65. The number of rotatable bonds is 3. The van der Waals surface area contributed by atoms with Crippen LogP contribution in [0.25, 0.3) is 0 Å². The van der Waals surface area contributed by atoms with Crippen molar-refractivity contribution in [3.05, 3.63) is 0 Å². The van der Waals surface area contributed by atoms with Crippen molar-refractivity contribution in [3.8, 4) is 0 Å². The molecule has 0 aromatic carbocycles. The van der Waals surface area contributed by atoms with Crippen molar-refractivity contribution in [3.63, 3.8) is 0 Å². The molecule has 1 heterocycles. The molecule has 0 spiro atoms. The van der Waals surface area contributed by atoms with Crippen LogP contribution < -0.4 is 0 Å². The van der Waals surface area contributed by atoms with E-state index in [2.05, 4.69) is 0 Å². The summed E-state index contributed by atoms with van der Waals surface area (Å²) >= 11 is 0. The van der Waals surface area contributed by atoms with Crippen molar-refractivity contribution in [1.82, 2.24) is 4.31 Å². The van der Waals surface area contributed by atoms with Gasteiger partial charge in [0.25, 0.3) is 9.24 Å². The summed E-state index contributed by atoms with van der Waals surface area (Å²) in [6.07, 6.45) is 1.43. The Kier molecular flexibility index (Phi) is 3.74. The molecule has 0 amide bonds. The number of halogens is 1. The molecule has 7 heteroatoms. The third kappa shape index (κ3) is 3.11. The summed E-state index contributed by atoms with van der Waals surface area (Å²) in [6.45, 7) is 1.77. The van der Waals surface area contributed by atoms with Crippen LogP contribution in [0.15, 0.2) is 0 Å². The summed E-state index contributed by atoms with van der Waals surface area (Å²) in [5, 5.41) is 0. The molecule has 0 aromatic rings. The van der Waals surface area contributed by atoms with Crippen LogP contribution in [0.3, 0.4) is 0 Å². The predicted molar refractivity (Wildman–Crippen MR) is 51.1 cm³/mol. The minimum Gasteiger partial charge on any atom is -0.464 e. The molecule has 0 bridgehead atoms. The Labute approximate surface area is 87.5 Å². The highest BCUT2D eigenvalue weighted by atomic mass is 35.7. The topological polar surface area (TPSA) is 63.7 Å². The Bertz CT molecular complexity index is 316. The summed E-state index contributed by atoms with van der Waals surface area (Å²) in [7, 11) is 1.52. The lowest BCUT2D eigenvalue weighted by Crippen LogP contribution is -2.35. The summed E-state index contributed by atoms with van der Waals surface area (Å²) in [6, 6.07) is -0.304. The molecule has 14 heavy (non-hydrogen) atoms. The molecule has 0 radical (unpaired) electrons. The van der Waals surface area contributed by atoms with Gasteiger partial charge in [-0.3, -0.25) is 4.79 Å². The van der Waals surface area contributed by atoms with Crippen LogP contribution in [0.2, 0.25) is 0 Å². The SMILES string of the molecule is CC(=O)OC[C@@H]1CCCN1S(=O)(=O)Cl. The van der Waals surface area contributed by atoms with Crippen LogP contribution in [0, 0.1) is 0 Å². The van der Waals surface area contributed by atoms with Crippen molar-refractivity contribution < 1.29 is 17.9 Å². The summed E-state index contributed by atoms with van der Waals surface area (Å²) < 4.78 is 28.0. The zero-order chi connectivity index (χ0) is 10.8. The molecular weight excluding hydrogens is 230 g/mol. The first-order chi connectivity index (χ1) is 6.41. The molecule has 1 atom stereocenters. The van der Waals surface area contributed by atoms with Crippen LogP contribution >= 0.6 is 10.7 Å². The van der Waals surface area contributed by atoms with E-state index in [0.29, 0.717) is 13.0 Å². The van der Waals surface area contributed by atoms with Crippen molar-refractivity contribution in [2.75, 3.05) is 13.2 Å². The molecule has 0 N–H and O–H groups in total. The average molecular weight is 242 g/mol. The lowest BCUT2D eigenvalue weighted by molar-refractivity contribution is -0.142. The maximum Gasteiger partial charge on any atom is 0.302 e. The van der Waals surface area contributed by atoms with Crippen LogP contribution in [-0.4, -0.2) is 37.9 Å². The van der Waals surface area contributed by atoms with Gasteiger partial charge in [0, 0.05) is 24.2 Å². The molecule has 0 saturated carbocycles. The summed E-state index contributed by atoms with van der Waals surface area (Å²) in [5.74, 6) is -0.413. The molecule has 82 valence electrons. The largest absolute Gasteiger partial charge is 0.464 e. The zero-order valence-electron chi connectivity index (χ0n) is 7.77. The summed E-state index contributed by atoms with van der Waals surface area (Å²) in [5.41, 5.74) is 0. The van der Waals surface area contributed by atoms with Gasteiger partial charge in [-0.2, -0.15) is 12.7 Å². The molecule has 5 nitrogen and oxygen atoms in total. The number of hydrogen-bond donors (Lipinski definition) is 0. The van der Waals surface area contributed by atoms with Gasteiger partial charge in [0.1, 0.15) is 6.61 Å². The van der Waals surface area contributed by atoms with Gasteiger partial charge in [0.15, 0.2) is 0 Å². The zero-order valence-corrected chi connectivity index (χ0v) is 9.34. The normalized spacial score (nSPS) is 23.7. The summed E-state index contributed by atoms with van der Waals surface area (Å²) in [4.78, 5) is 10.5. The molecule has 0 unspecified atom stereocenters. The highest BCUT2D eigenvalue weighted by molar-refractivity contribution is 8.11. The van der Waals surface area contributed by atoms with Gasteiger partial charge in [-0.25, -0.2) is 0 Å². The lowest BCUT2D eigenvalue weighted by atomic mass is 10.2. The molecule has 1 saturated heterocycles. The third-order valence-electron chi connectivity index (χ3n) is 2.08. The van der Waals surface area contributed by atoms with Gasteiger partial charge in [-0.15, -0.1) is 0 Å². The predicted octanol–water partition coefficient (Wildman–Crippen LogP) is 0.498. The first-order valence-electron chi connectivity index (χ1n) is 4.26. The van der Waals surface area contributed by atoms with E-state index in [1.54, 1.807) is 0 Å². The Morgan fingerprint density at radius 1 is 1.64 bits per heavy atom. The number of esters is 1. The first-order valence-corrected chi connectivity index (χ1v) is 6.52. The highest BCUT2D eigenvalue weighted by Crippen LogP contribution is 2.23. The van der Waals surface area contributed by atoms with Crippen LogP contribution in [0.5, 0.6) is 0 Å². The van der Waals surface area contributed by atoms with E-state index < -0.39 is 15.2 Å². The first kappa shape index (κ1) is 11.7. The number of carbonyl (C=O) groups excluding carboxylic acids is 1. The Balaban J connectivity index is 2.56. The number of hydrogen-bond acceptors (Lipinski definition) is 4. The minimum absolute atomic E-state index is 0.0846. The van der Waals surface area contributed by atoms with E-state index in [1.165, 1.54) is 6.92 Å². The molecule has 1 rings (SSSR count). The van der Waals surface area contributed by atoms with E-state index in [-0.39, 0.29) is 12.6 Å². The minimum atomic E-state index is -3.69. The van der Waals surface area contributed by atoms with Gasteiger partial charge in [0.05, 0.1) is 6.04 Å². The van der Waals surface area contributed by atoms with Gasteiger partial charge in [0.2, 0.25) is 0 Å². The van der Waals surface area contributed by atoms with Gasteiger partial charge in [-0.1, -0.05) is 0 Å². The van der Waals surface area contributed by atoms with Crippen molar-refractivity contribution in [2.45, 2.75) is 25.8 Å². The Hall–Kier alpha value is -0.330. The van der Waals surface area contributed by atoms with Gasteiger partial charge < -0.3 is 4.74 Å². The monoisotopic (exact) mass is 241 g/mol. The van der Waals surface area contributed by atoms with Crippen molar-refractivity contribution in [2.24, 2.45) is 0 Å². The molecular formula is C7H12ClNO4S. The standard InChI is InChI=1S/C7H12ClNO4S/c1-6(10)13-5-7-3-2-4-9(7)14(8,11)12/h7H,2-5H2,1H3/t7-/m0/s1. The molecule has 1 aliphatic rings. The van der Waals surface area contributed by atoms with Crippen molar-refractivity contribution in [1.29, 1.82) is 0 Å². The molecule has 1 aliphatic heterocycles. The second kappa shape index (κ2) is 4.46. The highest BCUT2D eigenvalue weighted by Gasteiger charge is 2.33. The van der Waals surface area contributed by atoms with Crippen molar-refractivity contribution >= 4 is 25.9 Å². The number of carbonyl (C=O) groups is 1. The van der Waals surface area contributed by atoms with Gasteiger partial charge in [-0.05, 0) is 12.8 Å². The number of ether oxygens (including phenoxy) is 1. The Morgan fingerprint density at radius 3 is 2.79 bits per heavy atom. The van der Waals surface area contributed by atoms with Crippen LogP contribution in [0.1, 0.15) is 19.8 Å². The van der Waals surface area contributed by atoms with E-state index in [1.807, 2.05) is 0 Å². The lowest BCUT2D eigenvalue weighted by Gasteiger charge is -2.19. The van der Waals surface area contributed by atoms with Crippen LogP contribution in [0.4, 0.5) is 0 Å². The van der Waals surface area contributed by atoms with E-state index >= 15 is 0 Å². The smallest absolute Gasteiger partial charge is 0.302 e. The van der Waals surface area contributed by atoms with Crippen LogP contribution in [-0.2, 0) is 18.8 Å². The van der Waals surface area contributed by atoms with Gasteiger partial charge >= 0.3 is 5.97 Å². The molecule has 1 fully saturated rings. The quantitative estimate of drug-likeness (QED) is 0.533. The fourth-order valence-corrected chi connectivity index (χ4v) is 2.89. The fourth-order valence-electron chi connectivity index (χ4n) is 1.48. The molecule has 0 aliphatic carbocycles.